The highest BCUT2D eigenvalue weighted by Gasteiger charge is 2.29. The summed E-state index contributed by atoms with van der Waals surface area (Å²) in [6, 6.07) is 11.5. The Bertz CT molecular complexity index is 907. The third-order valence-corrected chi connectivity index (χ3v) is 4.45. The first-order chi connectivity index (χ1) is 12.3. The van der Waals surface area contributed by atoms with Crippen LogP contribution in [0.5, 0.6) is 0 Å². The number of nitrogens with zero attached hydrogens (tertiary/aromatic N) is 5. The van der Waals surface area contributed by atoms with E-state index < -0.39 is 0 Å². The Labute approximate surface area is 145 Å². The molecule has 0 N–H and O–H groups in total. The number of carbonyl (C=O) groups excluding carboxylic acids is 1. The van der Waals surface area contributed by atoms with E-state index in [1.165, 1.54) is 0 Å². The van der Waals surface area contributed by atoms with Crippen molar-refractivity contribution in [2.75, 3.05) is 19.7 Å². The lowest BCUT2D eigenvalue weighted by Crippen LogP contribution is -2.43. The molecule has 3 heterocycles. The number of aromatic nitrogens is 4. The lowest BCUT2D eigenvalue weighted by molar-refractivity contribution is -0.0285. The van der Waals surface area contributed by atoms with E-state index in [0.717, 1.165) is 23.3 Å². The van der Waals surface area contributed by atoms with Crippen LogP contribution >= 0.6 is 0 Å². The number of aryl methyl sites for hydroxylation is 1. The van der Waals surface area contributed by atoms with Crippen molar-refractivity contribution in [3.05, 3.63) is 54.2 Å². The zero-order valence-electron chi connectivity index (χ0n) is 14.0. The van der Waals surface area contributed by atoms with Gasteiger partial charge in [-0.3, -0.25) is 4.79 Å². The van der Waals surface area contributed by atoms with Crippen LogP contribution in [0.1, 0.15) is 29.3 Å². The van der Waals surface area contributed by atoms with E-state index in [4.69, 9.17) is 4.74 Å². The van der Waals surface area contributed by atoms with Crippen molar-refractivity contribution in [3.63, 3.8) is 0 Å². The van der Waals surface area contributed by atoms with Crippen molar-refractivity contribution in [3.8, 4) is 0 Å². The van der Waals surface area contributed by atoms with Gasteiger partial charge in [-0.15, -0.1) is 10.2 Å². The summed E-state index contributed by atoms with van der Waals surface area (Å²) in [5.74, 6) is 0.674. The van der Waals surface area contributed by atoms with Crippen molar-refractivity contribution in [1.82, 2.24) is 24.6 Å². The van der Waals surface area contributed by atoms with Crippen LogP contribution in [0.4, 0.5) is 0 Å². The first kappa shape index (κ1) is 15.7. The van der Waals surface area contributed by atoms with Gasteiger partial charge in [0.2, 0.25) is 0 Å². The number of carbonyl (C=O) groups is 1. The minimum atomic E-state index is -0.263. The molecule has 1 aliphatic rings. The molecule has 1 aliphatic heterocycles. The van der Waals surface area contributed by atoms with Gasteiger partial charge in [0.05, 0.1) is 18.7 Å². The number of fused-ring (bicyclic) bond motifs is 1. The number of rotatable bonds is 3. The predicted octanol–water partition coefficient (Wildman–Crippen LogP) is 2.06. The molecular formula is C18H19N5O2. The fourth-order valence-electron chi connectivity index (χ4n) is 3.09. The Morgan fingerprint density at radius 2 is 2.16 bits per heavy atom. The second-order valence-electron chi connectivity index (χ2n) is 5.97. The summed E-state index contributed by atoms with van der Waals surface area (Å²) >= 11 is 0. The van der Waals surface area contributed by atoms with Crippen LogP contribution in [0.15, 0.2) is 42.7 Å². The third-order valence-electron chi connectivity index (χ3n) is 4.45. The molecule has 25 heavy (non-hydrogen) atoms. The highest BCUT2D eigenvalue weighted by molar-refractivity contribution is 5.95. The first-order valence-corrected chi connectivity index (χ1v) is 8.40. The zero-order valence-corrected chi connectivity index (χ0v) is 14.0. The number of pyridine rings is 1. The molecule has 1 aromatic carbocycles. The van der Waals surface area contributed by atoms with Crippen LogP contribution in [0.3, 0.4) is 0 Å². The average molecular weight is 337 g/mol. The smallest absolute Gasteiger partial charge is 0.272 e. The van der Waals surface area contributed by atoms with E-state index in [0.29, 0.717) is 25.4 Å². The van der Waals surface area contributed by atoms with Crippen LogP contribution in [0, 0.1) is 0 Å². The SMILES string of the molecule is CCn1cnnc1[C@@H]1CN(C(=O)c2ccc3ccccc3n2)CCO1. The molecule has 0 unspecified atom stereocenters. The van der Waals surface area contributed by atoms with Crippen LogP contribution in [-0.2, 0) is 11.3 Å². The highest BCUT2D eigenvalue weighted by Crippen LogP contribution is 2.22. The van der Waals surface area contributed by atoms with Crippen molar-refractivity contribution in [2.45, 2.75) is 19.6 Å². The summed E-state index contributed by atoms with van der Waals surface area (Å²) in [6.45, 7) is 4.26. The summed E-state index contributed by atoms with van der Waals surface area (Å²) in [7, 11) is 0. The van der Waals surface area contributed by atoms with Crippen LogP contribution < -0.4 is 0 Å². The first-order valence-electron chi connectivity index (χ1n) is 8.40. The van der Waals surface area contributed by atoms with Crippen LogP contribution in [-0.4, -0.2) is 50.3 Å². The Morgan fingerprint density at radius 1 is 1.28 bits per heavy atom. The number of benzene rings is 1. The van der Waals surface area contributed by atoms with Crippen molar-refractivity contribution in [1.29, 1.82) is 0 Å². The molecular weight excluding hydrogens is 318 g/mol. The molecule has 1 atom stereocenters. The van der Waals surface area contributed by atoms with E-state index in [1.807, 2.05) is 41.8 Å². The average Bonchev–Trinajstić information content (AvgIpc) is 3.16. The zero-order chi connectivity index (χ0) is 17.2. The fraction of sp³-hybridized carbons (Fsp3) is 0.333. The molecule has 3 aromatic rings. The van der Waals surface area contributed by atoms with E-state index >= 15 is 0 Å². The lowest BCUT2D eigenvalue weighted by atomic mass is 10.2. The molecule has 0 radical (unpaired) electrons. The maximum absolute atomic E-state index is 12.9. The van der Waals surface area contributed by atoms with E-state index in [1.54, 1.807) is 17.3 Å². The quantitative estimate of drug-likeness (QED) is 0.731. The van der Waals surface area contributed by atoms with Gasteiger partial charge >= 0.3 is 0 Å². The minimum absolute atomic E-state index is 0.0818. The molecule has 0 spiro atoms. The van der Waals surface area contributed by atoms with Crippen LogP contribution in [0.2, 0.25) is 0 Å². The number of para-hydroxylation sites is 1. The van der Waals surface area contributed by atoms with Gasteiger partial charge in [0, 0.05) is 18.5 Å². The Hall–Kier alpha value is -2.80. The predicted molar refractivity (Wildman–Crippen MR) is 92.0 cm³/mol. The second-order valence-corrected chi connectivity index (χ2v) is 5.97. The largest absolute Gasteiger partial charge is 0.366 e. The van der Waals surface area contributed by atoms with Gasteiger partial charge in [-0.05, 0) is 19.1 Å². The van der Waals surface area contributed by atoms with Crippen molar-refractivity contribution < 1.29 is 9.53 Å². The molecule has 4 rings (SSSR count). The second kappa shape index (κ2) is 6.60. The number of hydrogen-bond donors (Lipinski definition) is 0. The molecule has 0 bridgehead atoms. The summed E-state index contributed by atoms with van der Waals surface area (Å²) in [6.07, 6.45) is 1.42. The summed E-state index contributed by atoms with van der Waals surface area (Å²) in [5.41, 5.74) is 1.28. The van der Waals surface area contributed by atoms with Gasteiger partial charge in [0.25, 0.3) is 5.91 Å². The molecule has 7 nitrogen and oxygen atoms in total. The van der Waals surface area contributed by atoms with Gasteiger partial charge in [-0.25, -0.2) is 4.98 Å². The Kier molecular flexibility index (Phi) is 4.15. The molecule has 0 saturated carbocycles. The molecule has 2 aromatic heterocycles. The Balaban J connectivity index is 1.56. The van der Waals surface area contributed by atoms with Crippen molar-refractivity contribution in [2.24, 2.45) is 0 Å². The summed E-state index contributed by atoms with van der Waals surface area (Å²) in [4.78, 5) is 19.2. The van der Waals surface area contributed by atoms with Crippen LogP contribution in [0.25, 0.3) is 10.9 Å². The standard InChI is InChI=1S/C18H19N5O2/c1-2-22-12-19-21-17(22)16-11-23(9-10-25-16)18(24)15-8-7-13-5-3-4-6-14(13)20-15/h3-8,12,16H,2,9-11H2,1H3/t16-/m0/s1. The fourth-order valence-corrected chi connectivity index (χ4v) is 3.09. The molecule has 7 heteroatoms. The summed E-state index contributed by atoms with van der Waals surface area (Å²) < 4.78 is 7.75. The monoisotopic (exact) mass is 337 g/mol. The normalized spacial score (nSPS) is 17.8. The maximum atomic E-state index is 12.9. The number of hydrogen-bond acceptors (Lipinski definition) is 5. The van der Waals surface area contributed by atoms with Gasteiger partial charge in [0.1, 0.15) is 18.1 Å². The third kappa shape index (κ3) is 2.98. The topological polar surface area (TPSA) is 73.1 Å². The molecule has 128 valence electrons. The van der Waals surface area contributed by atoms with Gasteiger partial charge in [-0.1, -0.05) is 24.3 Å². The van der Waals surface area contributed by atoms with E-state index in [2.05, 4.69) is 15.2 Å². The Morgan fingerprint density at radius 3 is 3.04 bits per heavy atom. The molecule has 1 saturated heterocycles. The van der Waals surface area contributed by atoms with Crippen molar-refractivity contribution >= 4 is 16.8 Å². The molecule has 1 amide bonds. The summed E-state index contributed by atoms with van der Waals surface area (Å²) in [5, 5.41) is 9.12. The van der Waals surface area contributed by atoms with E-state index in [9.17, 15) is 4.79 Å². The number of morpholine rings is 1. The lowest BCUT2D eigenvalue weighted by Gasteiger charge is -2.32. The van der Waals surface area contributed by atoms with Gasteiger partial charge in [-0.2, -0.15) is 0 Å². The number of amides is 1. The molecule has 0 aliphatic carbocycles. The maximum Gasteiger partial charge on any atom is 0.272 e. The highest BCUT2D eigenvalue weighted by atomic mass is 16.5. The van der Waals surface area contributed by atoms with Gasteiger partial charge in [0.15, 0.2) is 5.82 Å². The number of ether oxygens (including phenoxy) is 1. The van der Waals surface area contributed by atoms with E-state index in [-0.39, 0.29) is 12.0 Å². The van der Waals surface area contributed by atoms with Gasteiger partial charge < -0.3 is 14.2 Å². The molecule has 1 fully saturated rings. The minimum Gasteiger partial charge on any atom is -0.366 e.